The van der Waals surface area contributed by atoms with Crippen molar-refractivity contribution in [3.8, 4) is 0 Å². The second-order valence-corrected chi connectivity index (χ2v) is 5.65. The van der Waals surface area contributed by atoms with Gasteiger partial charge in [-0.3, -0.25) is 9.78 Å². The Morgan fingerprint density at radius 3 is 2.70 bits per heavy atom. The van der Waals surface area contributed by atoms with Crippen LogP contribution in [0.3, 0.4) is 0 Å². The number of benzene rings is 1. The number of imidazole rings is 1. The molecule has 5 heteroatoms. The van der Waals surface area contributed by atoms with Crippen LogP contribution in [0.2, 0.25) is 0 Å². The number of carbonyl (C=O) groups excluding carboxylic acids is 1. The van der Waals surface area contributed by atoms with E-state index in [1.807, 2.05) is 54.9 Å². The van der Waals surface area contributed by atoms with Gasteiger partial charge in [0, 0.05) is 26.0 Å². The van der Waals surface area contributed by atoms with Crippen molar-refractivity contribution < 1.29 is 4.79 Å². The van der Waals surface area contributed by atoms with Gasteiger partial charge in [0.25, 0.3) is 0 Å². The van der Waals surface area contributed by atoms with E-state index in [1.54, 1.807) is 17.3 Å². The second kappa shape index (κ2) is 6.60. The molecule has 0 saturated carbocycles. The van der Waals surface area contributed by atoms with Gasteiger partial charge in [-0.1, -0.05) is 12.1 Å². The number of hydrogen-bond donors (Lipinski definition) is 0. The summed E-state index contributed by atoms with van der Waals surface area (Å²) in [6, 6.07) is 11.9. The minimum Gasteiger partial charge on any atom is -0.344 e. The van der Waals surface area contributed by atoms with Crippen molar-refractivity contribution in [1.29, 1.82) is 0 Å². The molecule has 0 saturated heterocycles. The first-order valence-corrected chi connectivity index (χ1v) is 7.70. The Hall–Kier alpha value is -2.69. The number of fused-ring (bicyclic) bond motifs is 1. The van der Waals surface area contributed by atoms with Crippen molar-refractivity contribution in [3.63, 3.8) is 0 Å². The van der Waals surface area contributed by atoms with Gasteiger partial charge in [0.1, 0.15) is 12.4 Å². The lowest BCUT2D eigenvalue weighted by Crippen LogP contribution is -2.32. The number of amides is 1. The zero-order valence-electron chi connectivity index (χ0n) is 13.4. The van der Waals surface area contributed by atoms with Gasteiger partial charge in [0.2, 0.25) is 5.91 Å². The molecule has 118 valence electrons. The van der Waals surface area contributed by atoms with E-state index >= 15 is 0 Å². The number of likely N-dealkylation sites (N-methyl/N-ethyl adjacent to an activating group) is 1. The largest absolute Gasteiger partial charge is 0.344 e. The minimum atomic E-state index is 0.0882. The average molecular weight is 308 g/mol. The fourth-order valence-electron chi connectivity index (χ4n) is 2.62. The zero-order chi connectivity index (χ0) is 16.2. The summed E-state index contributed by atoms with van der Waals surface area (Å²) in [5, 5.41) is 0. The molecule has 23 heavy (non-hydrogen) atoms. The molecule has 0 aliphatic rings. The van der Waals surface area contributed by atoms with Crippen LogP contribution in [-0.2, 0) is 17.8 Å². The summed E-state index contributed by atoms with van der Waals surface area (Å²) >= 11 is 0. The number of para-hydroxylation sites is 2. The highest BCUT2D eigenvalue weighted by Crippen LogP contribution is 2.15. The van der Waals surface area contributed by atoms with E-state index in [2.05, 4.69) is 9.97 Å². The highest BCUT2D eigenvalue weighted by molar-refractivity contribution is 5.81. The Morgan fingerprint density at radius 2 is 1.91 bits per heavy atom. The molecule has 3 rings (SSSR count). The smallest absolute Gasteiger partial charge is 0.242 e. The van der Waals surface area contributed by atoms with Crippen LogP contribution in [0.25, 0.3) is 11.0 Å². The normalized spacial score (nSPS) is 10.9. The zero-order valence-corrected chi connectivity index (χ0v) is 13.4. The van der Waals surface area contributed by atoms with Gasteiger partial charge >= 0.3 is 0 Å². The fraction of sp³-hybridized carbons (Fsp3) is 0.278. The highest BCUT2D eigenvalue weighted by Gasteiger charge is 2.13. The number of nitrogens with zero attached hydrogens (tertiary/aromatic N) is 4. The summed E-state index contributed by atoms with van der Waals surface area (Å²) in [5.41, 5.74) is 3.11. The SMILES string of the molecule is Cc1nc2ccccc2n1CC(=O)N(C)CCc1ccncc1. The molecule has 5 nitrogen and oxygen atoms in total. The van der Waals surface area contributed by atoms with E-state index in [4.69, 9.17) is 0 Å². The summed E-state index contributed by atoms with van der Waals surface area (Å²) < 4.78 is 1.97. The molecule has 2 heterocycles. The predicted octanol–water partition coefficient (Wildman–Crippen LogP) is 2.44. The standard InChI is InChI=1S/C18H20N4O/c1-14-20-16-5-3-4-6-17(16)22(14)13-18(23)21(2)12-9-15-7-10-19-11-8-15/h3-8,10-11H,9,12-13H2,1-2H3. The lowest BCUT2D eigenvalue weighted by Gasteiger charge is -2.18. The van der Waals surface area contributed by atoms with Crippen LogP contribution < -0.4 is 0 Å². The molecule has 0 fully saturated rings. The van der Waals surface area contributed by atoms with E-state index in [0.29, 0.717) is 13.1 Å². The van der Waals surface area contributed by atoms with Gasteiger partial charge in [-0.15, -0.1) is 0 Å². The van der Waals surface area contributed by atoms with E-state index in [9.17, 15) is 4.79 Å². The number of pyridine rings is 1. The van der Waals surface area contributed by atoms with Gasteiger partial charge in [-0.2, -0.15) is 0 Å². The maximum absolute atomic E-state index is 12.5. The summed E-state index contributed by atoms with van der Waals surface area (Å²) in [6.45, 7) is 2.94. The second-order valence-electron chi connectivity index (χ2n) is 5.65. The van der Waals surface area contributed by atoms with Gasteiger partial charge < -0.3 is 9.47 Å². The monoisotopic (exact) mass is 308 g/mol. The molecule has 2 aromatic heterocycles. The molecule has 0 aliphatic carbocycles. The molecule has 0 spiro atoms. The van der Waals surface area contributed by atoms with Crippen LogP contribution in [0.4, 0.5) is 0 Å². The molecule has 0 atom stereocenters. The first-order chi connectivity index (χ1) is 11.1. The van der Waals surface area contributed by atoms with Crippen molar-refractivity contribution in [2.24, 2.45) is 0 Å². The summed E-state index contributed by atoms with van der Waals surface area (Å²) in [5.74, 6) is 0.951. The van der Waals surface area contributed by atoms with Crippen molar-refractivity contribution in [2.75, 3.05) is 13.6 Å². The fourth-order valence-corrected chi connectivity index (χ4v) is 2.62. The third-order valence-electron chi connectivity index (χ3n) is 4.05. The molecular formula is C18H20N4O. The quantitative estimate of drug-likeness (QED) is 0.727. The van der Waals surface area contributed by atoms with Crippen LogP contribution in [0, 0.1) is 6.92 Å². The number of carbonyl (C=O) groups is 1. The molecule has 0 N–H and O–H groups in total. The lowest BCUT2D eigenvalue weighted by atomic mass is 10.2. The van der Waals surface area contributed by atoms with Gasteiger partial charge in [0.15, 0.2) is 0 Å². The van der Waals surface area contributed by atoms with Crippen molar-refractivity contribution in [1.82, 2.24) is 19.4 Å². The molecule has 0 bridgehead atoms. The van der Waals surface area contributed by atoms with Crippen LogP contribution >= 0.6 is 0 Å². The first-order valence-electron chi connectivity index (χ1n) is 7.70. The minimum absolute atomic E-state index is 0.0882. The molecule has 0 unspecified atom stereocenters. The third kappa shape index (κ3) is 3.39. The molecule has 0 radical (unpaired) electrons. The Labute approximate surface area is 135 Å². The van der Waals surface area contributed by atoms with Crippen molar-refractivity contribution >= 4 is 16.9 Å². The number of aryl methyl sites for hydroxylation is 1. The first kappa shape index (κ1) is 15.2. The van der Waals surface area contributed by atoms with Gasteiger partial charge in [0.05, 0.1) is 11.0 Å². The van der Waals surface area contributed by atoms with Crippen LogP contribution in [0.5, 0.6) is 0 Å². The lowest BCUT2D eigenvalue weighted by molar-refractivity contribution is -0.130. The van der Waals surface area contributed by atoms with Crippen LogP contribution in [0.15, 0.2) is 48.8 Å². The topological polar surface area (TPSA) is 51.0 Å². The van der Waals surface area contributed by atoms with E-state index in [-0.39, 0.29) is 5.91 Å². The average Bonchev–Trinajstić information content (AvgIpc) is 2.89. The van der Waals surface area contributed by atoms with E-state index in [1.165, 1.54) is 5.56 Å². The highest BCUT2D eigenvalue weighted by atomic mass is 16.2. The summed E-state index contributed by atoms with van der Waals surface area (Å²) in [4.78, 5) is 22.8. The third-order valence-corrected chi connectivity index (χ3v) is 4.05. The van der Waals surface area contributed by atoms with Crippen LogP contribution in [0.1, 0.15) is 11.4 Å². The van der Waals surface area contributed by atoms with E-state index < -0.39 is 0 Å². The van der Waals surface area contributed by atoms with Gasteiger partial charge in [-0.05, 0) is 43.2 Å². The van der Waals surface area contributed by atoms with Crippen LogP contribution in [-0.4, -0.2) is 38.9 Å². The van der Waals surface area contributed by atoms with Gasteiger partial charge in [-0.25, -0.2) is 4.98 Å². The summed E-state index contributed by atoms with van der Waals surface area (Å²) in [7, 11) is 1.85. The predicted molar refractivity (Wildman–Crippen MR) is 90.0 cm³/mol. The number of hydrogen-bond acceptors (Lipinski definition) is 3. The van der Waals surface area contributed by atoms with Crippen molar-refractivity contribution in [2.45, 2.75) is 19.9 Å². The molecule has 3 aromatic rings. The Kier molecular flexibility index (Phi) is 4.37. The summed E-state index contributed by atoms with van der Waals surface area (Å²) in [6.07, 6.45) is 4.38. The number of aromatic nitrogens is 3. The Bertz CT molecular complexity index is 810. The Balaban J connectivity index is 1.67. The molecule has 1 amide bonds. The molecular weight excluding hydrogens is 288 g/mol. The maximum atomic E-state index is 12.5. The Morgan fingerprint density at radius 1 is 1.17 bits per heavy atom. The van der Waals surface area contributed by atoms with E-state index in [0.717, 1.165) is 23.3 Å². The molecule has 0 aliphatic heterocycles. The maximum Gasteiger partial charge on any atom is 0.242 e. The molecule has 1 aromatic carbocycles. The number of rotatable bonds is 5. The van der Waals surface area contributed by atoms with Crippen molar-refractivity contribution in [3.05, 3.63) is 60.2 Å².